The number of rotatable bonds is 2. The first-order valence-corrected chi connectivity index (χ1v) is 11.2. The number of piperidine rings is 1. The van der Waals surface area contributed by atoms with Gasteiger partial charge in [-0.3, -0.25) is 15.0 Å². The third kappa shape index (κ3) is 3.82. The molecule has 0 bridgehead atoms. The van der Waals surface area contributed by atoms with Crippen LogP contribution in [0.25, 0.3) is 0 Å². The van der Waals surface area contributed by atoms with Crippen molar-refractivity contribution in [2.24, 2.45) is 11.8 Å². The molecule has 8 atom stereocenters. The van der Waals surface area contributed by atoms with E-state index in [9.17, 15) is 27.2 Å². The summed E-state index contributed by atoms with van der Waals surface area (Å²) in [5.41, 5.74) is 6.04. The molecule has 5 rings (SSSR count). The van der Waals surface area contributed by atoms with Gasteiger partial charge in [0.2, 0.25) is 11.8 Å². The lowest BCUT2D eigenvalue weighted by Gasteiger charge is -2.37. The number of nitrogens with one attached hydrogen (secondary N) is 3. The SMILES string of the molecule is O=C(C1CC2C(CCC(F)C2F)N1)N1CCC2NNC(C(=O)N3CCC(F)(F)C3)C2C1. The van der Waals surface area contributed by atoms with Gasteiger partial charge in [-0.25, -0.2) is 23.0 Å². The molecule has 8 unspecified atom stereocenters. The van der Waals surface area contributed by atoms with E-state index >= 15 is 0 Å². The van der Waals surface area contributed by atoms with Crippen molar-refractivity contribution in [2.45, 2.75) is 74.5 Å². The van der Waals surface area contributed by atoms with Gasteiger partial charge in [-0.1, -0.05) is 0 Å². The molecule has 0 aromatic heterocycles. The first-order valence-electron chi connectivity index (χ1n) is 11.2. The second-order valence-corrected chi connectivity index (χ2v) is 9.74. The van der Waals surface area contributed by atoms with E-state index in [-0.39, 0.29) is 55.6 Å². The highest BCUT2D eigenvalue weighted by Crippen LogP contribution is 2.38. The van der Waals surface area contributed by atoms with Crippen LogP contribution < -0.4 is 16.2 Å². The third-order valence-corrected chi connectivity index (χ3v) is 7.82. The summed E-state index contributed by atoms with van der Waals surface area (Å²) in [6.45, 7) is 0.273. The van der Waals surface area contributed by atoms with E-state index in [1.165, 1.54) is 4.90 Å². The van der Waals surface area contributed by atoms with E-state index in [1.807, 2.05) is 0 Å². The van der Waals surface area contributed by atoms with E-state index < -0.39 is 42.8 Å². The van der Waals surface area contributed by atoms with Crippen molar-refractivity contribution in [3.8, 4) is 0 Å². The molecule has 4 heterocycles. The molecule has 0 spiro atoms. The van der Waals surface area contributed by atoms with Gasteiger partial charge in [0.15, 0.2) is 0 Å². The van der Waals surface area contributed by atoms with E-state index in [1.54, 1.807) is 4.90 Å². The number of amides is 2. The van der Waals surface area contributed by atoms with Gasteiger partial charge in [-0.2, -0.15) is 0 Å². The molecule has 2 amide bonds. The minimum absolute atomic E-state index is 0.0252. The number of likely N-dealkylation sites (tertiary alicyclic amines) is 2. The zero-order valence-corrected chi connectivity index (χ0v) is 17.2. The van der Waals surface area contributed by atoms with Gasteiger partial charge in [0.05, 0.1) is 12.6 Å². The lowest BCUT2D eigenvalue weighted by atomic mass is 9.82. The second kappa shape index (κ2) is 7.84. The third-order valence-electron chi connectivity index (χ3n) is 7.82. The van der Waals surface area contributed by atoms with Crippen LogP contribution in [0.15, 0.2) is 0 Å². The smallest absolute Gasteiger partial charge is 0.267 e. The van der Waals surface area contributed by atoms with Crippen molar-refractivity contribution in [3.05, 3.63) is 0 Å². The Morgan fingerprint density at radius 3 is 2.45 bits per heavy atom. The summed E-state index contributed by atoms with van der Waals surface area (Å²) in [5.74, 6) is -4.09. The zero-order valence-electron chi connectivity index (χ0n) is 17.2. The normalized spacial score (nSPS) is 44.3. The van der Waals surface area contributed by atoms with Crippen LogP contribution in [0.3, 0.4) is 0 Å². The highest BCUT2D eigenvalue weighted by Gasteiger charge is 2.51. The molecule has 0 radical (unpaired) electrons. The quantitative estimate of drug-likeness (QED) is 0.534. The Morgan fingerprint density at radius 2 is 1.71 bits per heavy atom. The Hall–Kier alpha value is -1.46. The fourth-order valence-corrected chi connectivity index (χ4v) is 6.06. The minimum atomic E-state index is -2.85. The summed E-state index contributed by atoms with van der Waals surface area (Å²) < 4.78 is 55.1. The summed E-state index contributed by atoms with van der Waals surface area (Å²) >= 11 is 0. The zero-order chi connectivity index (χ0) is 21.9. The Labute approximate surface area is 178 Å². The fraction of sp³-hybridized carbons (Fsp3) is 0.900. The van der Waals surface area contributed by atoms with Gasteiger partial charge in [0.25, 0.3) is 5.92 Å². The Morgan fingerprint density at radius 1 is 0.903 bits per heavy atom. The second-order valence-electron chi connectivity index (χ2n) is 9.74. The van der Waals surface area contributed by atoms with Crippen molar-refractivity contribution in [3.63, 3.8) is 0 Å². The highest BCUT2D eigenvalue weighted by molar-refractivity contribution is 5.84. The highest BCUT2D eigenvalue weighted by atomic mass is 19.3. The average molecular weight is 447 g/mol. The predicted molar refractivity (Wildman–Crippen MR) is 103 cm³/mol. The summed E-state index contributed by atoms with van der Waals surface area (Å²) in [7, 11) is 0. The fourth-order valence-electron chi connectivity index (χ4n) is 6.06. The molecule has 0 aromatic rings. The van der Waals surface area contributed by atoms with Crippen LogP contribution in [0.1, 0.15) is 32.1 Å². The summed E-state index contributed by atoms with van der Waals surface area (Å²) in [6, 6.07) is -1.43. The first-order chi connectivity index (χ1) is 14.7. The molecule has 31 heavy (non-hydrogen) atoms. The van der Waals surface area contributed by atoms with E-state index in [0.29, 0.717) is 25.9 Å². The minimum Gasteiger partial charge on any atom is -0.341 e. The molecular formula is C20H29F4N5O2. The predicted octanol–water partition coefficient (Wildman–Crippen LogP) is 0.364. The van der Waals surface area contributed by atoms with Crippen molar-refractivity contribution in [1.29, 1.82) is 0 Å². The van der Waals surface area contributed by atoms with Crippen LogP contribution in [-0.4, -0.2) is 90.2 Å². The van der Waals surface area contributed by atoms with Gasteiger partial charge in [0.1, 0.15) is 18.4 Å². The molecule has 3 N–H and O–H groups in total. The number of hydrazine groups is 1. The van der Waals surface area contributed by atoms with E-state index in [0.717, 1.165) is 0 Å². The largest absolute Gasteiger partial charge is 0.341 e. The van der Waals surface area contributed by atoms with Gasteiger partial charge < -0.3 is 15.1 Å². The number of hydrogen-bond acceptors (Lipinski definition) is 5. The molecule has 0 aromatic carbocycles. The topological polar surface area (TPSA) is 76.7 Å². The lowest BCUT2D eigenvalue weighted by molar-refractivity contribution is -0.138. The molecular weight excluding hydrogens is 418 g/mol. The molecule has 4 aliphatic heterocycles. The molecule has 174 valence electrons. The molecule has 7 nitrogen and oxygen atoms in total. The van der Waals surface area contributed by atoms with Crippen molar-refractivity contribution >= 4 is 11.8 Å². The van der Waals surface area contributed by atoms with Crippen LogP contribution in [0.2, 0.25) is 0 Å². The maximum atomic E-state index is 14.3. The number of carbonyl (C=O) groups is 2. The van der Waals surface area contributed by atoms with Crippen LogP contribution in [0, 0.1) is 11.8 Å². The molecule has 5 fully saturated rings. The summed E-state index contributed by atoms with van der Waals surface area (Å²) in [6.07, 6.45) is -1.75. The van der Waals surface area contributed by atoms with Crippen molar-refractivity contribution < 1.29 is 27.2 Å². The van der Waals surface area contributed by atoms with Crippen LogP contribution in [0.4, 0.5) is 17.6 Å². The molecule has 1 aliphatic carbocycles. The molecule has 1 saturated carbocycles. The van der Waals surface area contributed by atoms with Gasteiger partial charge in [-0.05, 0) is 25.7 Å². The Bertz CT molecular complexity index is 742. The van der Waals surface area contributed by atoms with Crippen LogP contribution in [0.5, 0.6) is 0 Å². The van der Waals surface area contributed by atoms with Gasteiger partial charge in [-0.15, -0.1) is 0 Å². The first kappa shape index (κ1) is 21.4. The Kier molecular flexibility index (Phi) is 5.41. The average Bonchev–Trinajstić information content (AvgIpc) is 3.45. The van der Waals surface area contributed by atoms with Crippen molar-refractivity contribution in [2.75, 3.05) is 26.2 Å². The molecule has 4 saturated heterocycles. The van der Waals surface area contributed by atoms with E-state index in [2.05, 4.69) is 16.2 Å². The molecule has 11 heteroatoms. The lowest BCUT2D eigenvalue weighted by Crippen LogP contribution is -2.55. The number of nitrogens with zero attached hydrogens (tertiary/aromatic N) is 2. The van der Waals surface area contributed by atoms with Crippen molar-refractivity contribution in [1.82, 2.24) is 26.0 Å². The summed E-state index contributed by atoms with van der Waals surface area (Å²) in [4.78, 5) is 28.9. The van der Waals surface area contributed by atoms with Gasteiger partial charge >= 0.3 is 0 Å². The monoisotopic (exact) mass is 447 g/mol. The van der Waals surface area contributed by atoms with Crippen LogP contribution in [-0.2, 0) is 9.59 Å². The number of fused-ring (bicyclic) bond motifs is 2. The molecule has 5 aliphatic rings. The number of halogens is 4. The number of hydrogen-bond donors (Lipinski definition) is 3. The summed E-state index contributed by atoms with van der Waals surface area (Å²) in [5, 5.41) is 3.20. The van der Waals surface area contributed by atoms with Crippen LogP contribution >= 0.6 is 0 Å². The standard InChI is InChI=1S/C20H29F4N5O2/c21-12-1-2-13-10(16(12)22)7-15(25-13)18(30)28-5-3-14-11(8-28)17(27-26-14)19(31)29-6-4-20(23,24)9-29/h10-17,25-27H,1-9H2. The maximum absolute atomic E-state index is 14.3. The maximum Gasteiger partial charge on any atom is 0.267 e. The van der Waals surface area contributed by atoms with Gasteiger partial charge in [0, 0.05) is 50.0 Å². The number of carbonyl (C=O) groups excluding carboxylic acids is 2. The van der Waals surface area contributed by atoms with E-state index in [4.69, 9.17) is 0 Å². The number of alkyl halides is 4. The Balaban J connectivity index is 1.22.